The monoisotopic (exact) mass is 406 g/mol. The normalized spacial score (nSPS) is 19.8. The van der Waals surface area contributed by atoms with E-state index in [9.17, 15) is 8.42 Å². The van der Waals surface area contributed by atoms with E-state index in [0.717, 1.165) is 9.35 Å². The molecule has 0 radical (unpaired) electrons. The average molecular weight is 407 g/mol. The molecule has 1 atom stereocenters. The molecule has 3 rings (SSSR count). The molecule has 1 saturated heterocycles. The third-order valence-corrected chi connectivity index (χ3v) is 7.09. The summed E-state index contributed by atoms with van der Waals surface area (Å²) in [4.78, 5) is 7.31. The van der Waals surface area contributed by atoms with Gasteiger partial charge in [0.25, 0.3) is 0 Å². The summed E-state index contributed by atoms with van der Waals surface area (Å²) in [5.41, 5.74) is 0. The largest absolute Gasteiger partial charge is 0.338 e. The molecular formula is C12H15BrN4O3S2. The van der Waals surface area contributed by atoms with Crippen molar-refractivity contribution in [3.8, 4) is 10.7 Å². The highest BCUT2D eigenvalue weighted by Gasteiger charge is 2.32. The molecule has 2 aromatic heterocycles. The van der Waals surface area contributed by atoms with Gasteiger partial charge in [-0.2, -0.15) is 4.98 Å². The van der Waals surface area contributed by atoms with Gasteiger partial charge < -0.3 is 4.52 Å². The molecule has 0 spiro atoms. The second kappa shape index (κ2) is 6.36. The van der Waals surface area contributed by atoms with Crippen LogP contribution in [0.4, 0.5) is 0 Å². The number of rotatable bonds is 5. The lowest BCUT2D eigenvalue weighted by atomic mass is 10.4. The molecule has 0 amide bonds. The van der Waals surface area contributed by atoms with Gasteiger partial charge in [0, 0.05) is 22.9 Å². The van der Waals surface area contributed by atoms with Gasteiger partial charge in [-0.3, -0.25) is 4.90 Å². The van der Waals surface area contributed by atoms with Crippen LogP contribution in [0, 0.1) is 0 Å². The van der Waals surface area contributed by atoms with Crippen molar-refractivity contribution in [1.29, 1.82) is 0 Å². The van der Waals surface area contributed by atoms with Gasteiger partial charge in [0.15, 0.2) is 0 Å². The highest BCUT2D eigenvalue weighted by atomic mass is 79.9. The van der Waals surface area contributed by atoms with Crippen LogP contribution in [0.1, 0.15) is 12.3 Å². The smallest absolute Gasteiger partial charge is 0.241 e. The van der Waals surface area contributed by atoms with Crippen LogP contribution in [-0.4, -0.2) is 48.8 Å². The molecule has 0 unspecified atom stereocenters. The molecule has 1 aliphatic rings. The zero-order chi connectivity index (χ0) is 15.7. The van der Waals surface area contributed by atoms with Gasteiger partial charge in [-0.1, -0.05) is 5.16 Å². The maximum atomic E-state index is 11.8. The van der Waals surface area contributed by atoms with Gasteiger partial charge in [-0.05, 0) is 35.5 Å². The van der Waals surface area contributed by atoms with Crippen molar-refractivity contribution in [3.05, 3.63) is 21.8 Å². The van der Waals surface area contributed by atoms with E-state index >= 15 is 0 Å². The molecule has 1 fully saturated rings. The molecule has 10 heteroatoms. The standard InChI is InChI=1S/C12H15BrN4O3S2/c1-14-22(18,19)9-2-3-17(5-9)6-11-15-12(16-20-11)10-4-8(13)7-21-10/h4,7,9,14H,2-3,5-6H2,1H3/t9-/m1/s1. The lowest BCUT2D eigenvalue weighted by Crippen LogP contribution is -2.34. The van der Waals surface area contributed by atoms with Gasteiger partial charge in [0.05, 0.1) is 16.7 Å². The van der Waals surface area contributed by atoms with E-state index in [1.807, 2.05) is 16.3 Å². The number of thiophene rings is 1. The topological polar surface area (TPSA) is 88.3 Å². The fraction of sp³-hybridized carbons (Fsp3) is 0.500. The quantitative estimate of drug-likeness (QED) is 0.812. The maximum Gasteiger partial charge on any atom is 0.241 e. The number of sulfonamides is 1. The second-order valence-electron chi connectivity index (χ2n) is 5.04. The molecule has 1 aliphatic heterocycles. The van der Waals surface area contributed by atoms with E-state index in [4.69, 9.17) is 4.52 Å². The summed E-state index contributed by atoms with van der Waals surface area (Å²) in [6.07, 6.45) is 0.613. The van der Waals surface area contributed by atoms with Crippen LogP contribution in [0.3, 0.4) is 0 Å². The van der Waals surface area contributed by atoms with Crippen LogP contribution in [0.2, 0.25) is 0 Å². The molecular weight excluding hydrogens is 392 g/mol. The number of hydrogen-bond donors (Lipinski definition) is 1. The molecule has 2 aromatic rings. The van der Waals surface area contributed by atoms with Crippen molar-refractivity contribution in [2.75, 3.05) is 20.1 Å². The number of nitrogens with one attached hydrogen (secondary N) is 1. The molecule has 0 saturated carbocycles. The van der Waals surface area contributed by atoms with Crippen LogP contribution in [0.5, 0.6) is 0 Å². The van der Waals surface area contributed by atoms with E-state index in [-0.39, 0.29) is 5.25 Å². The van der Waals surface area contributed by atoms with E-state index in [2.05, 4.69) is 30.8 Å². The number of aromatic nitrogens is 2. The van der Waals surface area contributed by atoms with Crippen LogP contribution in [0.25, 0.3) is 10.7 Å². The summed E-state index contributed by atoms with van der Waals surface area (Å²) in [6, 6.07) is 1.94. The highest BCUT2D eigenvalue weighted by molar-refractivity contribution is 9.10. The Bertz CT molecular complexity index is 758. The first kappa shape index (κ1) is 16.1. The fourth-order valence-electron chi connectivity index (χ4n) is 2.40. The summed E-state index contributed by atoms with van der Waals surface area (Å²) in [5, 5.41) is 5.55. The summed E-state index contributed by atoms with van der Waals surface area (Å²) in [7, 11) is -1.77. The van der Waals surface area contributed by atoms with Crippen LogP contribution in [-0.2, 0) is 16.6 Å². The van der Waals surface area contributed by atoms with Crippen molar-refractivity contribution in [2.45, 2.75) is 18.2 Å². The molecule has 120 valence electrons. The summed E-state index contributed by atoms with van der Waals surface area (Å²) < 4.78 is 32.2. The molecule has 0 aliphatic carbocycles. The summed E-state index contributed by atoms with van der Waals surface area (Å²) in [6.45, 7) is 1.65. The molecule has 3 heterocycles. The highest BCUT2D eigenvalue weighted by Crippen LogP contribution is 2.28. The molecule has 7 nitrogen and oxygen atoms in total. The Kier molecular flexibility index (Phi) is 4.64. The minimum atomic E-state index is -3.22. The lowest BCUT2D eigenvalue weighted by Gasteiger charge is -2.13. The molecule has 0 aromatic carbocycles. The number of likely N-dealkylation sites (tertiary alicyclic amines) is 1. The maximum absolute atomic E-state index is 11.8. The third-order valence-electron chi connectivity index (χ3n) is 3.57. The zero-order valence-electron chi connectivity index (χ0n) is 11.8. The minimum absolute atomic E-state index is 0.381. The molecule has 1 N–H and O–H groups in total. The van der Waals surface area contributed by atoms with Crippen molar-refractivity contribution >= 4 is 37.3 Å². The number of hydrogen-bond acceptors (Lipinski definition) is 7. The Balaban J connectivity index is 1.64. The fourth-order valence-corrected chi connectivity index (χ4v) is 4.91. The first-order valence-electron chi connectivity index (χ1n) is 6.69. The Labute approximate surface area is 140 Å². The second-order valence-corrected chi connectivity index (χ2v) is 9.03. The SMILES string of the molecule is CNS(=O)(=O)[C@@H]1CCN(Cc2nc(-c3cc(Br)cs3)no2)C1. The van der Waals surface area contributed by atoms with Gasteiger partial charge >= 0.3 is 0 Å². The Morgan fingerprint density at radius 2 is 2.41 bits per heavy atom. The predicted molar refractivity (Wildman–Crippen MR) is 87.0 cm³/mol. The van der Waals surface area contributed by atoms with Crippen molar-refractivity contribution in [2.24, 2.45) is 0 Å². The Hall–Kier alpha value is -0.810. The molecule has 0 bridgehead atoms. The number of nitrogens with zero attached hydrogens (tertiary/aromatic N) is 3. The third kappa shape index (κ3) is 3.40. The van der Waals surface area contributed by atoms with Crippen molar-refractivity contribution < 1.29 is 12.9 Å². The lowest BCUT2D eigenvalue weighted by molar-refractivity contribution is 0.268. The van der Waals surface area contributed by atoms with Crippen molar-refractivity contribution in [3.63, 3.8) is 0 Å². The van der Waals surface area contributed by atoms with E-state index in [1.165, 1.54) is 18.4 Å². The molecule has 22 heavy (non-hydrogen) atoms. The predicted octanol–water partition coefficient (Wildman–Crippen LogP) is 1.68. The average Bonchev–Trinajstić information content (AvgIpc) is 3.20. The van der Waals surface area contributed by atoms with E-state index < -0.39 is 10.0 Å². The van der Waals surface area contributed by atoms with Crippen LogP contribution in [0.15, 0.2) is 20.4 Å². The number of halogens is 1. The zero-order valence-corrected chi connectivity index (χ0v) is 15.0. The first-order valence-corrected chi connectivity index (χ1v) is 9.91. The summed E-state index contributed by atoms with van der Waals surface area (Å²) >= 11 is 4.92. The summed E-state index contributed by atoms with van der Waals surface area (Å²) in [5.74, 6) is 1.06. The van der Waals surface area contributed by atoms with E-state index in [0.29, 0.717) is 37.8 Å². The van der Waals surface area contributed by atoms with Gasteiger partial charge in [0.1, 0.15) is 0 Å². The van der Waals surface area contributed by atoms with Gasteiger partial charge in [0.2, 0.25) is 21.7 Å². The van der Waals surface area contributed by atoms with Crippen molar-refractivity contribution in [1.82, 2.24) is 19.8 Å². The van der Waals surface area contributed by atoms with E-state index in [1.54, 1.807) is 0 Å². The first-order chi connectivity index (χ1) is 10.5. The Morgan fingerprint density at radius 1 is 1.59 bits per heavy atom. The Morgan fingerprint density at radius 3 is 3.09 bits per heavy atom. The van der Waals surface area contributed by atoms with Crippen LogP contribution >= 0.6 is 27.3 Å². The van der Waals surface area contributed by atoms with Gasteiger partial charge in [-0.25, -0.2) is 13.1 Å². The van der Waals surface area contributed by atoms with Crippen LogP contribution < -0.4 is 4.72 Å². The van der Waals surface area contributed by atoms with Gasteiger partial charge in [-0.15, -0.1) is 11.3 Å². The minimum Gasteiger partial charge on any atom is -0.338 e.